The second-order valence-electron chi connectivity index (χ2n) is 4.44. The summed E-state index contributed by atoms with van der Waals surface area (Å²) in [6.07, 6.45) is -0.687. The minimum atomic E-state index is -0.687. The molecule has 0 bridgehead atoms. The maximum absolute atomic E-state index is 12.0. The van der Waals surface area contributed by atoms with Crippen molar-refractivity contribution >= 4 is 24.5 Å². The summed E-state index contributed by atoms with van der Waals surface area (Å²) in [6.45, 7) is -0.494. The van der Waals surface area contributed by atoms with E-state index in [1.165, 1.54) is 7.11 Å². The first-order valence-electron chi connectivity index (χ1n) is 6.45. The van der Waals surface area contributed by atoms with Gasteiger partial charge in [0.1, 0.15) is 13.2 Å². The lowest BCUT2D eigenvalue weighted by atomic mass is 10.2. The van der Waals surface area contributed by atoms with Crippen LogP contribution < -0.4 is 5.73 Å². The molecule has 1 aromatic carbocycles. The van der Waals surface area contributed by atoms with Crippen LogP contribution in [0.1, 0.15) is 5.56 Å². The van der Waals surface area contributed by atoms with E-state index in [9.17, 15) is 9.59 Å². The molecule has 0 saturated heterocycles. The SMILES string of the molecule is COC(=O)CN(CC(N)CO)C(=O)OCc1ccccc1.Cl. The van der Waals surface area contributed by atoms with E-state index in [0.29, 0.717) is 0 Å². The molecule has 3 N–H and O–H groups in total. The number of aliphatic hydroxyl groups excluding tert-OH is 1. The molecule has 0 fully saturated rings. The second-order valence-corrected chi connectivity index (χ2v) is 4.44. The first-order valence-corrected chi connectivity index (χ1v) is 6.45. The van der Waals surface area contributed by atoms with Crippen molar-refractivity contribution in [1.29, 1.82) is 0 Å². The molecule has 0 aliphatic carbocycles. The van der Waals surface area contributed by atoms with Gasteiger partial charge in [0.2, 0.25) is 0 Å². The van der Waals surface area contributed by atoms with Crippen molar-refractivity contribution in [1.82, 2.24) is 4.90 Å². The second kappa shape index (κ2) is 10.8. The molecule has 0 spiro atoms. The van der Waals surface area contributed by atoms with Crippen LogP contribution in [0.4, 0.5) is 4.79 Å². The summed E-state index contributed by atoms with van der Waals surface area (Å²) >= 11 is 0. The average Bonchev–Trinajstić information content (AvgIpc) is 2.52. The van der Waals surface area contributed by atoms with E-state index < -0.39 is 18.1 Å². The number of esters is 1. The van der Waals surface area contributed by atoms with Gasteiger partial charge in [-0.15, -0.1) is 12.4 Å². The molecule has 0 aliphatic rings. The molecule has 1 rings (SSSR count). The number of benzene rings is 1. The van der Waals surface area contributed by atoms with Crippen molar-refractivity contribution in [2.75, 3.05) is 26.8 Å². The number of ether oxygens (including phenoxy) is 2. The summed E-state index contributed by atoms with van der Waals surface area (Å²) in [6, 6.07) is 8.50. The van der Waals surface area contributed by atoms with E-state index in [4.69, 9.17) is 15.6 Å². The Hall–Kier alpha value is -1.83. The highest BCUT2D eigenvalue weighted by Gasteiger charge is 2.21. The van der Waals surface area contributed by atoms with Gasteiger partial charge in [0.05, 0.1) is 13.7 Å². The zero-order chi connectivity index (χ0) is 15.7. The Labute approximate surface area is 135 Å². The van der Waals surface area contributed by atoms with Crippen LogP contribution in [-0.2, 0) is 20.9 Å². The quantitative estimate of drug-likeness (QED) is 0.707. The molecular weight excluding hydrogens is 312 g/mol. The van der Waals surface area contributed by atoms with Gasteiger partial charge in [-0.1, -0.05) is 30.3 Å². The first-order chi connectivity index (χ1) is 10.1. The normalized spacial score (nSPS) is 11.0. The van der Waals surface area contributed by atoms with Crippen molar-refractivity contribution in [3.05, 3.63) is 35.9 Å². The topological polar surface area (TPSA) is 102 Å². The zero-order valence-electron chi connectivity index (χ0n) is 12.3. The Morgan fingerprint density at radius 3 is 2.50 bits per heavy atom. The monoisotopic (exact) mass is 332 g/mol. The van der Waals surface area contributed by atoms with Gasteiger partial charge in [-0.3, -0.25) is 9.69 Å². The number of hydrogen-bond donors (Lipinski definition) is 2. The Morgan fingerprint density at radius 1 is 1.32 bits per heavy atom. The Kier molecular flexibility index (Phi) is 9.93. The summed E-state index contributed by atoms with van der Waals surface area (Å²) in [4.78, 5) is 24.4. The van der Waals surface area contributed by atoms with E-state index in [0.717, 1.165) is 10.5 Å². The summed E-state index contributed by atoms with van der Waals surface area (Å²) in [5.41, 5.74) is 6.41. The molecule has 7 nitrogen and oxygen atoms in total. The van der Waals surface area contributed by atoms with Crippen LogP contribution in [0, 0.1) is 0 Å². The van der Waals surface area contributed by atoms with Crippen LogP contribution in [0.25, 0.3) is 0 Å². The van der Waals surface area contributed by atoms with Crippen LogP contribution in [-0.4, -0.2) is 54.9 Å². The maximum atomic E-state index is 12.0. The van der Waals surface area contributed by atoms with E-state index in [1.54, 1.807) is 0 Å². The summed E-state index contributed by atoms with van der Waals surface area (Å²) in [5, 5.41) is 8.94. The van der Waals surface area contributed by atoms with E-state index in [2.05, 4.69) is 4.74 Å². The van der Waals surface area contributed by atoms with Crippen molar-refractivity contribution in [3.63, 3.8) is 0 Å². The van der Waals surface area contributed by atoms with Crippen LogP contribution >= 0.6 is 12.4 Å². The van der Waals surface area contributed by atoms with Gasteiger partial charge in [0, 0.05) is 12.6 Å². The first kappa shape index (κ1) is 20.2. The number of hydrogen-bond acceptors (Lipinski definition) is 6. The van der Waals surface area contributed by atoms with Gasteiger partial charge in [-0.2, -0.15) is 0 Å². The third-order valence-electron chi connectivity index (χ3n) is 2.70. The van der Waals surface area contributed by atoms with E-state index in [1.807, 2.05) is 30.3 Å². The molecule has 0 aliphatic heterocycles. The summed E-state index contributed by atoms with van der Waals surface area (Å²) in [5.74, 6) is -0.586. The Morgan fingerprint density at radius 2 is 1.95 bits per heavy atom. The number of carbonyl (C=O) groups excluding carboxylic acids is 2. The number of methoxy groups -OCH3 is 1. The average molecular weight is 333 g/mol. The van der Waals surface area contributed by atoms with Crippen molar-refractivity contribution < 1.29 is 24.2 Å². The van der Waals surface area contributed by atoms with Gasteiger partial charge in [0.15, 0.2) is 0 Å². The van der Waals surface area contributed by atoms with Crippen LogP contribution in [0.3, 0.4) is 0 Å². The molecule has 1 amide bonds. The van der Waals surface area contributed by atoms with Gasteiger partial charge in [-0.05, 0) is 5.56 Å². The lowest BCUT2D eigenvalue weighted by Gasteiger charge is -2.23. The third kappa shape index (κ3) is 7.26. The molecule has 8 heteroatoms. The highest BCUT2D eigenvalue weighted by molar-refractivity contribution is 5.85. The van der Waals surface area contributed by atoms with Crippen LogP contribution in [0.15, 0.2) is 30.3 Å². The largest absolute Gasteiger partial charge is 0.468 e. The fourth-order valence-electron chi connectivity index (χ4n) is 1.58. The smallest absolute Gasteiger partial charge is 0.410 e. The molecular formula is C14H21ClN2O5. The third-order valence-corrected chi connectivity index (χ3v) is 2.70. The fourth-order valence-corrected chi connectivity index (χ4v) is 1.58. The number of amides is 1. The van der Waals surface area contributed by atoms with Gasteiger partial charge in [0.25, 0.3) is 0 Å². The van der Waals surface area contributed by atoms with Gasteiger partial charge >= 0.3 is 12.1 Å². The fraction of sp³-hybridized carbons (Fsp3) is 0.429. The number of aliphatic hydroxyl groups is 1. The van der Waals surface area contributed by atoms with Crippen molar-refractivity contribution in [3.8, 4) is 0 Å². The molecule has 124 valence electrons. The number of carbonyl (C=O) groups is 2. The predicted molar refractivity (Wildman–Crippen MR) is 82.5 cm³/mol. The van der Waals surface area contributed by atoms with Crippen LogP contribution in [0.5, 0.6) is 0 Å². The summed E-state index contributed by atoms with van der Waals surface area (Å²) < 4.78 is 9.64. The number of nitrogens with two attached hydrogens (primary N) is 1. The minimum absolute atomic E-state index is 0. The molecule has 0 radical (unpaired) electrons. The Balaban J connectivity index is 0.00000441. The number of rotatable bonds is 7. The predicted octanol–water partition coefficient (Wildman–Crippen LogP) is 0.540. The highest BCUT2D eigenvalue weighted by Crippen LogP contribution is 2.04. The molecule has 0 heterocycles. The Bertz CT molecular complexity index is 458. The molecule has 0 saturated carbocycles. The molecule has 0 aromatic heterocycles. The van der Waals surface area contributed by atoms with Gasteiger partial charge < -0.3 is 20.3 Å². The number of nitrogens with zero attached hydrogens (tertiary/aromatic N) is 1. The van der Waals surface area contributed by atoms with Crippen molar-refractivity contribution in [2.45, 2.75) is 12.6 Å². The molecule has 22 heavy (non-hydrogen) atoms. The summed E-state index contributed by atoms with van der Waals surface area (Å²) in [7, 11) is 1.22. The standard InChI is InChI=1S/C14H20N2O5.ClH/c1-20-13(18)8-16(7-12(15)9-17)14(19)21-10-11-5-3-2-4-6-11;/h2-6,12,17H,7-10,15H2,1H3;1H. The highest BCUT2D eigenvalue weighted by atomic mass is 35.5. The van der Waals surface area contributed by atoms with Crippen molar-refractivity contribution in [2.24, 2.45) is 5.73 Å². The maximum Gasteiger partial charge on any atom is 0.410 e. The molecule has 1 atom stereocenters. The number of halogens is 1. The van der Waals surface area contributed by atoms with Gasteiger partial charge in [-0.25, -0.2) is 4.79 Å². The zero-order valence-corrected chi connectivity index (χ0v) is 13.1. The van der Waals surface area contributed by atoms with E-state index >= 15 is 0 Å². The molecule has 1 unspecified atom stereocenters. The lowest BCUT2D eigenvalue weighted by Crippen LogP contribution is -2.45. The van der Waals surface area contributed by atoms with E-state index in [-0.39, 0.29) is 38.7 Å². The minimum Gasteiger partial charge on any atom is -0.468 e. The lowest BCUT2D eigenvalue weighted by molar-refractivity contribution is -0.141. The van der Waals surface area contributed by atoms with Crippen LogP contribution in [0.2, 0.25) is 0 Å². The molecule has 1 aromatic rings.